The van der Waals surface area contributed by atoms with Crippen LogP contribution in [0.5, 0.6) is 0 Å². The number of hydrogen-bond acceptors (Lipinski definition) is 5. The van der Waals surface area contributed by atoms with Gasteiger partial charge >= 0.3 is 5.97 Å². The third-order valence-corrected chi connectivity index (χ3v) is 2.25. The molecule has 0 amide bonds. The minimum absolute atomic E-state index is 0.258. The van der Waals surface area contributed by atoms with Crippen molar-refractivity contribution in [3.8, 4) is 0 Å². The van der Waals surface area contributed by atoms with Gasteiger partial charge in [0.1, 0.15) is 6.61 Å². The number of likely N-dealkylation sites (N-methyl/N-ethyl adjacent to an activating group) is 1. The number of hydrogen-bond donors (Lipinski definition) is 1. The van der Waals surface area contributed by atoms with E-state index in [1.165, 1.54) is 6.92 Å². The first-order chi connectivity index (χ1) is 8.15. The molecule has 0 saturated carbocycles. The highest BCUT2D eigenvalue weighted by molar-refractivity contribution is 5.66. The lowest BCUT2D eigenvalue weighted by Gasteiger charge is -2.20. The molecule has 1 aromatic heterocycles. The van der Waals surface area contributed by atoms with Gasteiger partial charge in [-0.25, -0.2) is 4.98 Å². The van der Waals surface area contributed by atoms with Gasteiger partial charge in [0, 0.05) is 26.7 Å². The van der Waals surface area contributed by atoms with E-state index in [1.807, 2.05) is 31.0 Å². The Morgan fingerprint density at radius 3 is 3.00 bits per heavy atom. The number of pyridine rings is 1. The Bertz CT molecular complexity index is 369. The summed E-state index contributed by atoms with van der Waals surface area (Å²) in [6.45, 7) is 5.28. The number of aromatic nitrogens is 1. The number of carbonyl (C=O) groups excluding carboxylic acids is 1. The number of anilines is 2. The summed E-state index contributed by atoms with van der Waals surface area (Å²) >= 11 is 0. The van der Waals surface area contributed by atoms with Gasteiger partial charge in [0.2, 0.25) is 0 Å². The molecular weight excluding hydrogens is 218 g/mol. The number of nitrogens with one attached hydrogen (secondary N) is 1. The van der Waals surface area contributed by atoms with Crippen molar-refractivity contribution < 1.29 is 9.53 Å². The van der Waals surface area contributed by atoms with Crippen molar-refractivity contribution in [1.82, 2.24) is 4.98 Å². The van der Waals surface area contributed by atoms with Crippen molar-refractivity contribution in [3.63, 3.8) is 0 Å². The fraction of sp³-hybridized carbons (Fsp3) is 0.500. The van der Waals surface area contributed by atoms with Gasteiger partial charge in [-0.1, -0.05) is 0 Å². The topological polar surface area (TPSA) is 54.5 Å². The molecule has 0 unspecified atom stereocenters. The summed E-state index contributed by atoms with van der Waals surface area (Å²) in [4.78, 5) is 16.9. The van der Waals surface area contributed by atoms with Gasteiger partial charge in [-0.15, -0.1) is 0 Å². The van der Waals surface area contributed by atoms with E-state index in [2.05, 4.69) is 10.3 Å². The molecule has 0 aromatic carbocycles. The summed E-state index contributed by atoms with van der Waals surface area (Å²) in [5.74, 6) is 0.604. The van der Waals surface area contributed by atoms with Crippen molar-refractivity contribution in [2.24, 2.45) is 0 Å². The average Bonchev–Trinajstić information content (AvgIpc) is 2.29. The smallest absolute Gasteiger partial charge is 0.302 e. The Labute approximate surface area is 102 Å². The first-order valence-corrected chi connectivity index (χ1v) is 5.68. The zero-order valence-electron chi connectivity index (χ0n) is 10.6. The van der Waals surface area contributed by atoms with Crippen molar-refractivity contribution in [3.05, 3.63) is 18.3 Å². The Morgan fingerprint density at radius 2 is 2.35 bits per heavy atom. The quantitative estimate of drug-likeness (QED) is 0.760. The molecule has 1 N–H and O–H groups in total. The van der Waals surface area contributed by atoms with Crippen molar-refractivity contribution in [1.29, 1.82) is 0 Å². The predicted octanol–water partition coefficient (Wildman–Crippen LogP) is 1.51. The molecule has 0 spiro atoms. The van der Waals surface area contributed by atoms with E-state index >= 15 is 0 Å². The molecule has 17 heavy (non-hydrogen) atoms. The predicted molar refractivity (Wildman–Crippen MR) is 68.3 cm³/mol. The van der Waals surface area contributed by atoms with Gasteiger partial charge in [0.15, 0.2) is 5.82 Å². The summed E-state index contributed by atoms with van der Waals surface area (Å²) in [5.41, 5.74) is 0.986. The van der Waals surface area contributed by atoms with Crippen molar-refractivity contribution >= 4 is 17.5 Å². The molecule has 94 valence electrons. The van der Waals surface area contributed by atoms with Gasteiger partial charge in [-0.2, -0.15) is 0 Å². The van der Waals surface area contributed by atoms with Crippen molar-refractivity contribution in [2.75, 3.05) is 37.0 Å². The number of nitrogens with zero attached hydrogens (tertiary/aromatic N) is 2. The lowest BCUT2D eigenvalue weighted by Crippen LogP contribution is -2.25. The molecule has 1 rings (SSSR count). The maximum absolute atomic E-state index is 10.7. The molecule has 0 aliphatic carbocycles. The van der Waals surface area contributed by atoms with Crippen LogP contribution in [0, 0.1) is 0 Å². The SMILES string of the molecule is CCNc1cccnc1N(C)CCOC(C)=O. The molecule has 1 aromatic rings. The molecular formula is C12H19N3O2. The number of rotatable bonds is 6. The maximum atomic E-state index is 10.7. The van der Waals surface area contributed by atoms with Crippen LogP contribution in [0.1, 0.15) is 13.8 Å². The van der Waals surface area contributed by atoms with Gasteiger partial charge in [0.05, 0.1) is 12.2 Å². The highest BCUT2D eigenvalue weighted by atomic mass is 16.5. The lowest BCUT2D eigenvalue weighted by molar-refractivity contribution is -0.140. The monoisotopic (exact) mass is 237 g/mol. The first-order valence-electron chi connectivity index (χ1n) is 5.68. The third-order valence-electron chi connectivity index (χ3n) is 2.25. The number of esters is 1. The van der Waals surface area contributed by atoms with Gasteiger partial charge in [-0.3, -0.25) is 4.79 Å². The second kappa shape index (κ2) is 6.73. The van der Waals surface area contributed by atoms with E-state index < -0.39 is 0 Å². The molecule has 0 bridgehead atoms. The largest absolute Gasteiger partial charge is 0.464 e. The van der Waals surface area contributed by atoms with E-state index in [1.54, 1.807) is 6.20 Å². The molecule has 5 heteroatoms. The highest BCUT2D eigenvalue weighted by Gasteiger charge is 2.07. The van der Waals surface area contributed by atoms with Crippen LogP contribution >= 0.6 is 0 Å². The summed E-state index contributed by atoms with van der Waals surface area (Å²) in [7, 11) is 1.92. The van der Waals surface area contributed by atoms with Crippen molar-refractivity contribution in [2.45, 2.75) is 13.8 Å². The minimum Gasteiger partial charge on any atom is -0.464 e. The van der Waals surface area contributed by atoms with E-state index in [4.69, 9.17) is 4.74 Å². The highest BCUT2D eigenvalue weighted by Crippen LogP contribution is 2.20. The van der Waals surface area contributed by atoms with Crippen LogP contribution in [-0.4, -0.2) is 37.7 Å². The minimum atomic E-state index is -0.258. The molecule has 5 nitrogen and oxygen atoms in total. The molecule has 1 heterocycles. The van der Waals surface area contributed by atoms with Crippen LogP contribution in [-0.2, 0) is 9.53 Å². The lowest BCUT2D eigenvalue weighted by atomic mass is 10.3. The third kappa shape index (κ3) is 4.30. The Kier molecular flexibility index (Phi) is 5.26. The summed E-state index contributed by atoms with van der Waals surface area (Å²) < 4.78 is 4.91. The maximum Gasteiger partial charge on any atom is 0.302 e. The molecule has 0 saturated heterocycles. The number of ether oxygens (including phenoxy) is 1. The van der Waals surface area contributed by atoms with Gasteiger partial charge in [-0.05, 0) is 19.1 Å². The summed E-state index contributed by atoms with van der Waals surface area (Å²) in [5, 5.41) is 3.24. The fourth-order valence-corrected chi connectivity index (χ4v) is 1.46. The van der Waals surface area contributed by atoms with Gasteiger partial charge < -0.3 is 15.0 Å². The summed E-state index contributed by atoms with van der Waals surface area (Å²) in [6.07, 6.45) is 1.75. The van der Waals surface area contributed by atoms with Gasteiger partial charge in [0.25, 0.3) is 0 Å². The zero-order valence-corrected chi connectivity index (χ0v) is 10.6. The molecule has 0 atom stereocenters. The van der Waals surface area contributed by atoms with Crippen LogP contribution in [0.3, 0.4) is 0 Å². The van der Waals surface area contributed by atoms with E-state index in [-0.39, 0.29) is 5.97 Å². The number of carbonyl (C=O) groups is 1. The van der Waals surface area contributed by atoms with Crippen LogP contribution in [0.2, 0.25) is 0 Å². The fourth-order valence-electron chi connectivity index (χ4n) is 1.46. The first kappa shape index (κ1) is 13.3. The average molecular weight is 237 g/mol. The van der Waals surface area contributed by atoms with E-state index in [0.29, 0.717) is 13.2 Å². The Balaban J connectivity index is 2.60. The second-order valence-corrected chi connectivity index (χ2v) is 3.67. The molecule has 0 radical (unpaired) electrons. The van der Waals surface area contributed by atoms with Crippen LogP contribution in [0.15, 0.2) is 18.3 Å². The molecule has 0 aliphatic rings. The molecule has 0 aliphatic heterocycles. The van der Waals surface area contributed by atoms with Crippen LogP contribution in [0.4, 0.5) is 11.5 Å². The normalized spacial score (nSPS) is 9.82. The Hall–Kier alpha value is -1.78. The molecule has 0 fully saturated rings. The van der Waals surface area contributed by atoms with Crippen LogP contribution in [0.25, 0.3) is 0 Å². The van der Waals surface area contributed by atoms with E-state index in [0.717, 1.165) is 18.1 Å². The van der Waals surface area contributed by atoms with E-state index in [9.17, 15) is 4.79 Å². The Morgan fingerprint density at radius 1 is 1.59 bits per heavy atom. The van der Waals surface area contributed by atoms with Crippen LogP contribution < -0.4 is 10.2 Å². The zero-order chi connectivity index (χ0) is 12.7. The second-order valence-electron chi connectivity index (χ2n) is 3.67. The standard InChI is InChI=1S/C12H19N3O2/c1-4-13-11-6-5-7-14-12(11)15(3)8-9-17-10(2)16/h5-7,13H,4,8-9H2,1-3H3. The summed E-state index contributed by atoms with van der Waals surface area (Å²) in [6, 6.07) is 3.87.